The lowest BCUT2D eigenvalue weighted by Gasteiger charge is -2.26. The summed E-state index contributed by atoms with van der Waals surface area (Å²) in [5.74, 6) is 2.10. The Kier molecular flexibility index (Phi) is 6.53. The van der Waals surface area contributed by atoms with Gasteiger partial charge in [0.2, 0.25) is 0 Å². The van der Waals surface area contributed by atoms with Crippen molar-refractivity contribution in [1.82, 2.24) is 15.1 Å². The molecule has 2 aliphatic heterocycles. The van der Waals surface area contributed by atoms with Crippen LogP contribution in [0.1, 0.15) is 24.8 Å². The maximum Gasteiger partial charge on any atom is 0.193 e. The van der Waals surface area contributed by atoms with Gasteiger partial charge < -0.3 is 10.2 Å². The molecule has 2 aliphatic rings. The minimum Gasteiger partial charge on any atom is -0.357 e. The summed E-state index contributed by atoms with van der Waals surface area (Å²) in [4.78, 5) is 9.34. The van der Waals surface area contributed by atoms with Crippen LogP contribution in [0.3, 0.4) is 0 Å². The molecule has 2 fully saturated rings. The Morgan fingerprint density at radius 2 is 1.92 bits per heavy atom. The number of hydrogen-bond donors (Lipinski definition) is 1. The van der Waals surface area contributed by atoms with Crippen LogP contribution in [-0.2, 0) is 9.84 Å². The van der Waals surface area contributed by atoms with Crippen molar-refractivity contribution >= 4 is 15.8 Å². The van der Waals surface area contributed by atoms with Gasteiger partial charge in [-0.15, -0.1) is 0 Å². The van der Waals surface area contributed by atoms with Gasteiger partial charge in [-0.2, -0.15) is 0 Å². The number of rotatable bonds is 5. The smallest absolute Gasteiger partial charge is 0.193 e. The fourth-order valence-corrected chi connectivity index (χ4v) is 4.92. The summed E-state index contributed by atoms with van der Waals surface area (Å²) in [5.41, 5.74) is 1.40. The molecule has 6 nitrogen and oxygen atoms in total. The van der Waals surface area contributed by atoms with E-state index in [9.17, 15) is 8.42 Å². The van der Waals surface area contributed by atoms with Crippen molar-refractivity contribution in [3.05, 3.63) is 35.9 Å². The fraction of sp³-hybridized carbons (Fsp3) is 0.632. The Labute approximate surface area is 157 Å². The van der Waals surface area contributed by atoms with E-state index in [0.717, 1.165) is 38.6 Å². The molecule has 1 aromatic rings. The van der Waals surface area contributed by atoms with Gasteiger partial charge in [-0.1, -0.05) is 30.3 Å². The van der Waals surface area contributed by atoms with E-state index >= 15 is 0 Å². The normalized spacial score (nSPS) is 24.0. The number of aliphatic imine (C=N–C) groups is 1. The second kappa shape index (κ2) is 8.86. The van der Waals surface area contributed by atoms with Gasteiger partial charge in [0.15, 0.2) is 15.8 Å². The Balaban J connectivity index is 1.53. The highest BCUT2D eigenvalue weighted by Crippen LogP contribution is 2.26. The molecule has 2 heterocycles. The molecule has 1 aromatic carbocycles. The van der Waals surface area contributed by atoms with Crippen molar-refractivity contribution in [1.29, 1.82) is 0 Å². The third-order valence-corrected chi connectivity index (χ3v) is 6.82. The highest BCUT2D eigenvalue weighted by atomic mass is 32.2. The summed E-state index contributed by atoms with van der Waals surface area (Å²) in [6.07, 6.45) is 1.15. The van der Waals surface area contributed by atoms with E-state index in [-0.39, 0.29) is 11.5 Å². The van der Waals surface area contributed by atoms with E-state index in [1.165, 1.54) is 5.56 Å². The van der Waals surface area contributed by atoms with Gasteiger partial charge in [-0.25, -0.2) is 8.42 Å². The van der Waals surface area contributed by atoms with Crippen LogP contribution in [0.15, 0.2) is 35.3 Å². The maximum absolute atomic E-state index is 11.5. The molecule has 3 rings (SSSR count). The quantitative estimate of drug-likeness (QED) is 0.616. The molecule has 0 amide bonds. The summed E-state index contributed by atoms with van der Waals surface area (Å²) in [7, 11) is -2.81. The van der Waals surface area contributed by atoms with E-state index < -0.39 is 9.84 Å². The Bertz CT molecular complexity index is 692. The van der Waals surface area contributed by atoms with Gasteiger partial charge in [0.25, 0.3) is 0 Å². The molecule has 1 atom stereocenters. The zero-order chi connectivity index (χ0) is 18.4. The third kappa shape index (κ3) is 5.20. The monoisotopic (exact) mass is 378 g/mol. The number of nitrogens with one attached hydrogen (secondary N) is 1. The molecule has 0 radical (unpaired) electrons. The number of guanidine groups is 1. The van der Waals surface area contributed by atoms with Crippen LogP contribution in [0, 0.1) is 0 Å². The molecule has 0 aliphatic carbocycles. The van der Waals surface area contributed by atoms with Crippen molar-refractivity contribution in [3.63, 3.8) is 0 Å². The van der Waals surface area contributed by atoms with Crippen LogP contribution in [0.5, 0.6) is 0 Å². The number of hydrogen-bond acceptors (Lipinski definition) is 4. The van der Waals surface area contributed by atoms with Gasteiger partial charge in [0.1, 0.15) is 0 Å². The largest absolute Gasteiger partial charge is 0.357 e. The topological polar surface area (TPSA) is 65.0 Å². The van der Waals surface area contributed by atoms with Crippen molar-refractivity contribution in [2.24, 2.45) is 4.99 Å². The fourth-order valence-electron chi connectivity index (χ4n) is 3.65. The Morgan fingerprint density at radius 3 is 2.62 bits per heavy atom. The molecule has 0 aromatic heterocycles. The van der Waals surface area contributed by atoms with E-state index in [1.54, 1.807) is 0 Å². The SMILES string of the molecule is CCNC(=NCCN1CCS(=O)(=O)CC1)N1CCC(c2ccccc2)C1. The number of benzene rings is 1. The minimum atomic E-state index is -2.81. The minimum absolute atomic E-state index is 0.279. The summed E-state index contributed by atoms with van der Waals surface area (Å²) < 4.78 is 23.0. The van der Waals surface area contributed by atoms with Crippen LogP contribution in [-0.4, -0.2) is 81.5 Å². The number of likely N-dealkylation sites (tertiary alicyclic amines) is 1. The lowest BCUT2D eigenvalue weighted by Crippen LogP contribution is -2.43. The average molecular weight is 379 g/mol. The highest BCUT2D eigenvalue weighted by molar-refractivity contribution is 7.91. The van der Waals surface area contributed by atoms with Crippen LogP contribution in [0.2, 0.25) is 0 Å². The highest BCUT2D eigenvalue weighted by Gasteiger charge is 2.26. The summed E-state index contributed by atoms with van der Waals surface area (Å²) in [6.45, 7) is 7.76. The van der Waals surface area contributed by atoms with Gasteiger partial charge in [-0.3, -0.25) is 9.89 Å². The molecule has 2 saturated heterocycles. The average Bonchev–Trinajstić information content (AvgIpc) is 3.13. The van der Waals surface area contributed by atoms with E-state index in [1.807, 2.05) is 0 Å². The van der Waals surface area contributed by atoms with Crippen molar-refractivity contribution in [3.8, 4) is 0 Å². The molecule has 7 heteroatoms. The number of sulfone groups is 1. The molecular formula is C19H30N4O2S. The van der Waals surface area contributed by atoms with Crippen LogP contribution >= 0.6 is 0 Å². The number of nitrogens with zero attached hydrogens (tertiary/aromatic N) is 3. The van der Waals surface area contributed by atoms with E-state index in [4.69, 9.17) is 4.99 Å². The predicted octanol–water partition coefficient (Wildman–Crippen LogP) is 1.17. The first-order chi connectivity index (χ1) is 12.6. The lowest BCUT2D eigenvalue weighted by atomic mass is 9.99. The molecule has 1 N–H and O–H groups in total. The standard InChI is InChI=1S/C19H30N4O2S/c1-2-20-19(21-9-11-22-12-14-26(24,25)15-13-22)23-10-8-18(16-23)17-6-4-3-5-7-17/h3-7,18H,2,8-16H2,1H3,(H,20,21). The Hall–Kier alpha value is -1.60. The molecule has 0 bridgehead atoms. The van der Waals surface area contributed by atoms with Gasteiger partial charge in [-0.05, 0) is 18.9 Å². The zero-order valence-electron chi connectivity index (χ0n) is 15.6. The summed E-state index contributed by atoms with van der Waals surface area (Å²) >= 11 is 0. The van der Waals surface area contributed by atoms with Crippen LogP contribution in [0.25, 0.3) is 0 Å². The molecule has 1 unspecified atom stereocenters. The second-order valence-corrected chi connectivity index (χ2v) is 9.38. The van der Waals surface area contributed by atoms with Gasteiger partial charge in [0, 0.05) is 45.2 Å². The predicted molar refractivity (Wildman–Crippen MR) is 106 cm³/mol. The maximum atomic E-state index is 11.5. The summed E-state index contributed by atoms with van der Waals surface area (Å²) in [6, 6.07) is 10.7. The van der Waals surface area contributed by atoms with Crippen LogP contribution in [0.4, 0.5) is 0 Å². The Morgan fingerprint density at radius 1 is 1.19 bits per heavy atom. The molecular weight excluding hydrogens is 348 g/mol. The lowest BCUT2D eigenvalue weighted by molar-refractivity contribution is 0.303. The van der Waals surface area contributed by atoms with E-state index in [0.29, 0.717) is 25.6 Å². The van der Waals surface area contributed by atoms with E-state index in [2.05, 4.69) is 52.4 Å². The second-order valence-electron chi connectivity index (χ2n) is 7.07. The molecule has 144 valence electrons. The van der Waals surface area contributed by atoms with Crippen molar-refractivity contribution in [2.45, 2.75) is 19.3 Å². The summed E-state index contributed by atoms with van der Waals surface area (Å²) in [5, 5.41) is 3.41. The molecule has 0 saturated carbocycles. The first kappa shape index (κ1) is 19.2. The van der Waals surface area contributed by atoms with Gasteiger partial charge >= 0.3 is 0 Å². The molecule has 0 spiro atoms. The first-order valence-electron chi connectivity index (χ1n) is 9.58. The zero-order valence-corrected chi connectivity index (χ0v) is 16.4. The first-order valence-corrected chi connectivity index (χ1v) is 11.4. The van der Waals surface area contributed by atoms with Crippen molar-refractivity contribution < 1.29 is 8.42 Å². The molecule has 26 heavy (non-hydrogen) atoms. The third-order valence-electron chi connectivity index (χ3n) is 5.21. The van der Waals surface area contributed by atoms with Crippen molar-refractivity contribution in [2.75, 3.05) is 57.3 Å². The van der Waals surface area contributed by atoms with Gasteiger partial charge in [0.05, 0.1) is 18.1 Å². The van der Waals surface area contributed by atoms with Crippen LogP contribution < -0.4 is 5.32 Å².